The quantitative estimate of drug-likeness (QED) is 0.829. The third-order valence-electron chi connectivity index (χ3n) is 5.32. The summed E-state index contributed by atoms with van der Waals surface area (Å²) in [6, 6.07) is 5.08. The minimum Gasteiger partial charge on any atom is -0.337 e. The zero-order valence-corrected chi connectivity index (χ0v) is 14.6. The van der Waals surface area contributed by atoms with E-state index < -0.39 is 11.6 Å². The molecule has 2 atom stereocenters. The second kappa shape index (κ2) is 6.13. The number of halogens is 1. The number of nitrogens with zero attached hydrogens (tertiary/aromatic N) is 2. The Morgan fingerprint density at radius 3 is 2.52 bits per heavy atom. The van der Waals surface area contributed by atoms with Gasteiger partial charge in [0, 0.05) is 7.05 Å². The Labute approximate surface area is 146 Å². The molecular formula is C18H22FN3O3. The van der Waals surface area contributed by atoms with Crippen molar-refractivity contribution in [1.29, 1.82) is 0 Å². The molecule has 0 aromatic heterocycles. The Bertz CT molecular complexity index is 717. The molecule has 2 fully saturated rings. The van der Waals surface area contributed by atoms with Crippen molar-refractivity contribution in [3.8, 4) is 0 Å². The average molecular weight is 347 g/mol. The van der Waals surface area contributed by atoms with Crippen LogP contribution >= 0.6 is 0 Å². The van der Waals surface area contributed by atoms with Crippen LogP contribution in [0.3, 0.4) is 0 Å². The van der Waals surface area contributed by atoms with Crippen LogP contribution in [0.5, 0.6) is 0 Å². The second-order valence-corrected chi connectivity index (χ2v) is 7.03. The van der Waals surface area contributed by atoms with Crippen LogP contribution in [-0.4, -0.2) is 46.8 Å². The van der Waals surface area contributed by atoms with Crippen LogP contribution in [0.4, 0.5) is 9.18 Å². The molecule has 4 amide bonds. The van der Waals surface area contributed by atoms with E-state index in [1.165, 1.54) is 17.0 Å². The number of carbonyl (C=O) groups is 3. The minimum absolute atomic E-state index is 0.153. The summed E-state index contributed by atoms with van der Waals surface area (Å²) in [5.41, 5.74) is -0.115. The van der Waals surface area contributed by atoms with Gasteiger partial charge in [0.05, 0.1) is 6.04 Å². The van der Waals surface area contributed by atoms with E-state index in [0.717, 1.165) is 23.3 Å². The van der Waals surface area contributed by atoms with Crippen LogP contribution in [0, 0.1) is 11.7 Å². The van der Waals surface area contributed by atoms with Crippen LogP contribution in [0.1, 0.15) is 38.3 Å². The predicted molar refractivity (Wildman–Crippen MR) is 89.0 cm³/mol. The van der Waals surface area contributed by atoms with E-state index in [2.05, 4.69) is 5.32 Å². The van der Waals surface area contributed by atoms with Crippen molar-refractivity contribution in [2.75, 3.05) is 13.6 Å². The van der Waals surface area contributed by atoms with Crippen LogP contribution in [0.25, 0.3) is 0 Å². The van der Waals surface area contributed by atoms with Gasteiger partial charge in [-0.15, -0.1) is 0 Å². The Hall–Kier alpha value is -2.44. The standard InChI is InChI=1S/C18H22FN3O3/c1-11(12-4-8-14(19)9-5-12)21(3)15(23)10-22-16(24)18(2,13-6-7-13)20-17(22)25/h4-5,8-9,11,13H,6-7,10H2,1-3H3,(H,20,25). The van der Waals surface area contributed by atoms with Crippen LogP contribution in [0.15, 0.2) is 24.3 Å². The smallest absolute Gasteiger partial charge is 0.325 e. The summed E-state index contributed by atoms with van der Waals surface area (Å²) < 4.78 is 13.0. The highest BCUT2D eigenvalue weighted by molar-refractivity contribution is 6.09. The molecule has 1 N–H and O–H groups in total. The third-order valence-corrected chi connectivity index (χ3v) is 5.32. The van der Waals surface area contributed by atoms with Gasteiger partial charge in [0.1, 0.15) is 17.9 Å². The predicted octanol–water partition coefficient (Wildman–Crippen LogP) is 2.07. The number of carbonyl (C=O) groups excluding carboxylic acids is 3. The van der Waals surface area contributed by atoms with E-state index in [4.69, 9.17) is 0 Å². The zero-order chi connectivity index (χ0) is 18.4. The van der Waals surface area contributed by atoms with Crippen LogP contribution in [-0.2, 0) is 9.59 Å². The highest BCUT2D eigenvalue weighted by Gasteiger charge is 2.56. The molecule has 1 saturated carbocycles. The maximum atomic E-state index is 13.0. The summed E-state index contributed by atoms with van der Waals surface area (Å²) in [5, 5.41) is 2.73. The molecule has 2 aliphatic rings. The number of rotatable bonds is 5. The van der Waals surface area contributed by atoms with Crippen LogP contribution in [0.2, 0.25) is 0 Å². The molecule has 1 heterocycles. The van der Waals surface area contributed by atoms with Gasteiger partial charge in [-0.25, -0.2) is 9.18 Å². The van der Waals surface area contributed by atoms with Crippen molar-refractivity contribution in [3.63, 3.8) is 0 Å². The molecule has 1 aromatic carbocycles. The molecule has 0 bridgehead atoms. The maximum Gasteiger partial charge on any atom is 0.325 e. The number of imide groups is 1. The lowest BCUT2D eigenvalue weighted by molar-refractivity contribution is -0.139. The van der Waals surface area contributed by atoms with E-state index >= 15 is 0 Å². The van der Waals surface area contributed by atoms with Gasteiger partial charge in [-0.1, -0.05) is 12.1 Å². The van der Waals surface area contributed by atoms with Crippen LogP contribution < -0.4 is 5.32 Å². The number of benzene rings is 1. The molecule has 0 radical (unpaired) electrons. The lowest BCUT2D eigenvalue weighted by Gasteiger charge is -2.27. The average Bonchev–Trinajstić information content (AvgIpc) is 3.40. The molecule has 6 nitrogen and oxygen atoms in total. The van der Waals surface area contributed by atoms with E-state index in [-0.39, 0.29) is 36.1 Å². The monoisotopic (exact) mass is 347 g/mol. The fraction of sp³-hybridized carbons (Fsp3) is 0.500. The molecule has 1 saturated heterocycles. The first-order chi connectivity index (χ1) is 11.7. The molecule has 134 valence electrons. The van der Waals surface area contributed by atoms with E-state index in [0.29, 0.717) is 0 Å². The van der Waals surface area contributed by atoms with Gasteiger partial charge >= 0.3 is 6.03 Å². The molecule has 7 heteroatoms. The number of likely N-dealkylation sites (N-methyl/N-ethyl adjacent to an activating group) is 1. The highest BCUT2D eigenvalue weighted by Crippen LogP contribution is 2.42. The van der Waals surface area contributed by atoms with Gasteiger partial charge in [-0.2, -0.15) is 0 Å². The SMILES string of the molecule is CC(c1ccc(F)cc1)N(C)C(=O)CN1C(=O)NC(C)(C2CC2)C1=O. The largest absolute Gasteiger partial charge is 0.337 e. The van der Waals surface area contributed by atoms with Crippen molar-refractivity contribution in [3.05, 3.63) is 35.6 Å². The van der Waals surface area contributed by atoms with Gasteiger partial charge < -0.3 is 10.2 Å². The van der Waals surface area contributed by atoms with Gasteiger partial charge in [0.2, 0.25) is 5.91 Å². The van der Waals surface area contributed by atoms with E-state index in [9.17, 15) is 18.8 Å². The topological polar surface area (TPSA) is 69.7 Å². The summed E-state index contributed by atoms with van der Waals surface area (Å²) >= 11 is 0. The molecule has 1 aliphatic heterocycles. The number of nitrogens with one attached hydrogen (secondary N) is 1. The third kappa shape index (κ3) is 3.10. The second-order valence-electron chi connectivity index (χ2n) is 7.03. The molecule has 2 unspecified atom stereocenters. The summed E-state index contributed by atoms with van der Waals surface area (Å²) in [5.74, 6) is -0.875. The first-order valence-corrected chi connectivity index (χ1v) is 8.39. The van der Waals surface area contributed by atoms with Gasteiger partial charge in [0.25, 0.3) is 5.91 Å². The molecule has 25 heavy (non-hydrogen) atoms. The lowest BCUT2D eigenvalue weighted by atomic mass is 9.96. The molecule has 1 aromatic rings. The normalized spacial score (nSPS) is 24.2. The van der Waals surface area contributed by atoms with Crippen molar-refractivity contribution in [2.24, 2.45) is 5.92 Å². The minimum atomic E-state index is -0.890. The van der Waals surface area contributed by atoms with E-state index in [1.807, 2.05) is 6.92 Å². The molecule has 0 spiro atoms. The number of amides is 4. The summed E-state index contributed by atoms with van der Waals surface area (Å²) in [6.45, 7) is 3.24. The Kier molecular flexibility index (Phi) is 4.26. The van der Waals surface area contributed by atoms with Crippen molar-refractivity contribution in [2.45, 2.75) is 38.3 Å². The summed E-state index contributed by atoms with van der Waals surface area (Å²) in [7, 11) is 1.61. The Morgan fingerprint density at radius 2 is 1.96 bits per heavy atom. The number of urea groups is 1. The maximum absolute atomic E-state index is 13.0. The summed E-state index contributed by atoms with van der Waals surface area (Å²) in [6.07, 6.45) is 1.82. The van der Waals surface area contributed by atoms with E-state index in [1.54, 1.807) is 26.1 Å². The number of hydrogen-bond donors (Lipinski definition) is 1. The lowest BCUT2D eigenvalue weighted by Crippen LogP contribution is -2.47. The Morgan fingerprint density at radius 1 is 1.36 bits per heavy atom. The fourth-order valence-corrected chi connectivity index (χ4v) is 3.22. The van der Waals surface area contributed by atoms with Crippen molar-refractivity contribution >= 4 is 17.8 Å². The molecule has 1 aliphatic carbocycles. The van der Waals surface area contributed by atoms with Gasteiger partial charge in [-0.3, -0.25) is 14.5 Å². The molecule has 3 rings (SSSR count). The fourth-order valence-electron chi connectivity index (χ4n) is 3.22. The van der Waals surface area contributed by atoms with Crippen molar-refractivity contribution < 1.29 is 18.8 Å². The zero-order valence-electron chi connectivity index (χ0n) is 14.6. The first-order valence-electron chi connectivity index (χ1n) is 8.39. The highest BCUT2D eigenvalue weighted by atomic mass is 19.1. The summed E-state index contributed by atoms with van der Waals surface area (Å²) in [4.78, 5) is 39.7. The van der Waals surface area contributed by atoms with Gasteiger partial charge in [-0.05, 0) is 50.3 Å². The first kappa shape index (κ1) is 17.4. The molecular weight excluding hydrogens is 325 g/mol. The number of hydrogen-bond acceptors (Lipinski definition) is 3. The Balaban J connectivity index is 1.68. The van der Waals surface area contributed by atoms with Gasteiger partial charge in [0.15, 0.2) is 0 Å². The van der Waals surface area contributed by atoms with Crippen molar-refractivity contribution in [1.82, 2.24) is 15.1 Å².